The molecule has 0 atom stereocenters. The number of benzene rings is 2. The number of aryl methyl sites for hydroxylation is 1. The number of urea groups is 1. The Kier molecular flexibility index (Phi) is 6.15. The van der Waals surface area contributed by atoms with Crippen LogP contribution in [0.3, 0.4) is 0 Å². The lowest BCUT2D eigenvalue weighted by molar-refractivity contribution is -0.125. The lowest BCUT2D eigenvalue weighted by Crippen LogP contribution is -2.35. The maximum absolute atomic E-state index is 12.8. The number of amides is 5. The molecule has 30 heavy (non-hydrogen) atoms. The normalized spacial score (nSPS) is 13.2. The summed E-state index contributed by atoms with van der Waals surface area (Å²) < 4.78 is 0. The molecule has 1 aliphatic rings. The van der Waals surface area contributed by atoms with Gasteiger partial charge in [-0.3, -0.25) is 19.3 Å². The second-order valence-corrected chi connectivity index (χ2v) is 7.30. The molecule has 1 saturated heterocycles. The Labute approximate surface area is 174 Å². The quantitative estimate of drug-likeness (QED) is 0.715. The molecule has 1 fully saturated rings. The minimum atomic E-state index is -0.447. The van der Waals surface area contributed by atoms with Crippen molar-refractivity contribution in [2.75, 3.05) is 25.5 Å². The molecular weight excluding hydrogens is 384 g/mol. The van der Waals surface area contributed by atoms with Crippen molar-refractivity contribution >= 4 is 29.4 Å². The van der Waals surface area contributed by atoms with Crippen molar-refractivity contribution in [3.05, 3.63) is 64.7 Å². The van der Waals surface area contributed by atoms with E-state index in [0.29, 0.717) is 11.1 Å². The molecule has 2 aromatic rings. The van der Waals surface area contributed by atoms with Gasteiger partial charge in [-0.1, -0.05) is 24.3 Å². The van der Waals surface area contributed by atoms with Gasteiger partial charge in [0.25, 0.3) is 5.91 Å². The van der Waals surface area contributed by atoms with Gasteiger partial charge in [0.1, 0.15) is 0 Å². The highest BCUT2D eigenvalue weighted by Crippen LogP contribution is 2.18. The minimum Gasteiger partial charge on any atom is -0.332 e. The summed E-state index contributed by atoms with van der Waals surface area (Å²) in [5.41, 5.74) is 3.80. The number of carbonyl (C=O) groups excluding carboxylic acids is 4. The van der Waals surface area contributed by atoms with Crippen molar-refractivity contribution in [1.29, 1.82) is 0 Å². The van der Waals surface area contributed by atoms with Crippen molar-refractivity contribution in [2.45, 2.75) is 20.4 Å². The first-order valence-corrected chi connectivity index (χ1v) is 9.55. The number of hydrogen-bond acceptors (Lipinski definition) is 4. The Morgan fingerprint density at radius 2 is 1.87 bits per heavy atom. The first-order chi connectivity index (χ1) is 14.3. The maximum atomic E-state index is 12.8. The summed E-state index contributed by atoms with van der Waals surface area (Å²) >= 11 is 0. The standard InChI is InChI=1S/C22H24N4O4/c1-14-6-4-9-18(15(14)2)24-19(27)13-25(3)21(29)17-8-5-7-16(10-17)12-26-20(28)11-23-22(26)30/h4-10H,11-13H2,1-3H3,(H,23,30)(H,24,27). The smallest absolute Gasteiger partial charge is 0.324 e. The van der Waals surface area contributed by atoms with Gasteiger partial charge in [0.2, 0.25) is 11.8 Å². The van der Waals surface area contributed by atoms with Crippen LogP contribution < -0.4 is 10.6 Å². The van der Waals surface area contributed by atoms with E-state index in [0.717, 1.165) is 21.7 Å². The third-order valence-electron chi connectivity index (χ3n) is 5.06. The molecule has 0 saturated carbocycles. The Morgan fingerprint density at radius 3 is 2.57 bits per heavy atom. The highest BCUT2D eigenvalue weighted by molar-refractivity contribution is 6.02. The Bertz CT molecular complexity index is 1000. The average molecular weight is 408 g/mol. The molecule has 0 radical (unpaired) electrons. The number of nitrogens with zero attached hydrogens (tertiary/aromatic N) is 2. The second kappa shape index (κ2) is 8.77. The van der Waals surface area contributed by atoms with E-state index >= 15 is 0 Å². The highest BCUT2D eigenvalue weighted by Gasteiger charge is 2.28. The number of likely N-dealkylation sites (N-methyl/N-ethyl adjacent to an activating group) is 1. The summed E-state index contributed by atoms with van der Waals surface area (Å²) in [6, 6.07) is 11.9. The fourth-order valence-electron chi connectivity index (χ4n) is 3.18. The Morgan fingerprint density at radius 1 is 1.13 bits per heavy atom. The molecule has 1 aliphatic heterocycles. The van der Waals surface area contributed by atoms with Gasteiger partial charge in [-0.05, 0) is 48.7 Å². The minimum absolute atomic E-state index is 0.0181. The molecule has 0 aliphatic carbocycles. The van der Waals surface area contributed by atoms with Crippen LogP contribution in [0.1, 0.15) is 27.0 Å². The average Bonchev–Trinajstić information content (AvgIpc) is 3.03. The predicted octanol–water partition coefficient (Wildman–Crippen LogP) is 2.07. The number of anilines is 1. The summed E-state index contributed by atoms with van der Waals surface area (Å²) in [5.74, 6) is -0.933. The summed E-state index contributed by atoms with van der Waals surface area (Å²) in [4.78, 5) is 51.0. The van der Waals surface area contributed by atoms with Gasteiger partial charge in [-0.2, -0.15) is 0 Å². The second-order valence-electron chi connectivity index (χ2n) is 7.30. The molecule has 0 bridgehead atoms. The van der Waals surface area contributed by atoms with E-state index in [2.05, 4.69) is 10.6 Å². The summed E-state index contributed by atoms with van der Waals surface area (Å²) in [7, 11) is 1.55. The van der Waals surface area contributed by atoms with E-state index in [1.165, 1.54) is 4.90 Å². The molecule has 156 valence electrons. The Balaban J connectivity index is 1.64. The number of carbonyl (C=O) groups is 4. The van der Waals surface area contributed by atoms with Crippen LogP contribution in [0.15, 0.2) is 42.5 Å². The zero-order valence-corrected chi connectivity index (χ0v) is 17.2. The Hall–Kier alpha value is -3.68. The largest absolute Gasteiger partial charge is 0.332 e. The highest BCUT2D eigenvalue weighted by atomic mass is 16.2. The number of hydrogen-bond donors (Lipinski definition) is 2. The van der Waals surface area contributed by atoms with Crippen molar-refractivity contribution < 1.29 is 19.2 Å². The zero-order chi connectivity index (χ0) is 21.8. The van der Waals surface area contributed by atoms with E-state index in [9.17, 15) is 19.2 Å². The van der Waals surface area contributed by atoms with Gasteiger partial charge < -0.3 is 15.5 Å². The van der Waals surface area contributed by atoms with Crippen LogP contribution in [0, 0.1) is 13.8 Å². The summed E-state index contributed by atoms with van der Waals surface area (Å²) in [6.07, 6.45) is 0. The predicted molar refractivity (Wildman–Crippen MR) is 112 cm³/mol. The fraction of sp³-hybridized carbons (Fsp3) is 0.273. The number of rotatable bonds is 6. The van der Waals surface area contributed by atoms with Crippen LogP contribution in [0.25, 0.3) is 0 Å². The summed E-state index contributed by atoms with van der Waals surface area (Å²) in [6.45, 7) is 3.85. The molecule has 0 spiro atoms. The van der Waals surface area contributed by atoms with E-state index < -0.39 is 6.03 Å². The maximum Gasteiger partial charge on any atom is 0.324 e. The first kappa shape index (κ1) is 21.0. The van der Waals surface area contributed by atoms with Crippen LogP contribution in [0.5, 0.6) is 0 Å². The first-order valence-electron chi connectivity index (χ1n) is 9.55. The lowest BCUT2D eigenvalue weighted by atomic mass is 10.1. The topological polar surface area (TPSA) is 98.8 Å². The van der Waals surface area contributed by atoms with Gasteiger partial charge in [-0.25, -0.2) is 4.79 Å². The van der Waals surface area contributed by atoms with Crippen molar-refractivity contribution in [3.63, 3.8) is 0 Å². The molecule has 2 aromatic carbocycles. The molecule has 1 heterocycles. The van der Waals surface area contributed by atoms with Crippen molar-refractivity contribution in [3.8, 4) is 0 Å². The van der Waals surface area contributed by atoms with E-state index in [-0.39, 0.29) is 37.4 Å². The van der Waals surface area contributed by atoms with Crippen LogP contribution >= 0.6 is 0 Å². The van der Waals surface area contributed by atoms with E-state index in [1.807, 2.05) is 32.0 Å². The molecule has 8 heteroatoms. The summed E-state index contributed by atoms with van der Waals surface area (Å²) in [5, 5.41) is 5.30. The lowest BCUT2D eigenvalue weighted by Gasteiger charge is -2.18. The molecular formula is C22H24N4O4. The van der Waals surface area contributed by atoms with Crippen molar-refractivity contribution in [1.82, 2.24) is 15.1 Å². The van der Waals surface area contributed by atoms with Gasteiger partial charge in [0.05, 0.1) is 19.6 Å². The van der Waals surface area contributed by atoms with Crippen LogP contribution in [0.2, 0.25) is 0 Å². The van der Waals surface area contributed by atoms with Gasteiger partial charge in [0.15, 0.2) is 0 Å². The van der Waals surface area contributed by atoms with Gasteiger partial charge in [0, 0.05) is 18.3 Å². The van der Waals surface area contributed by atoms with Crippen LogP contribution in [-0.4, -0.2) is 53.7 Å². The molecule has 3 rings (SSSR count). The van der Waals surface area contributed by atoms with Crippen LogP contribution in [0.4, 0.5) is 10.5 Å². The SMILES string of the molecule is Cc1cccc(NC(=O)CN(C)C(=O)c2cccc(CN3C(=O)CNC3=O)c2)c1C. The molecule has 5 amide bonds. The molecule has 8 nitrogen and oxygen atoms in total. The van der Waals surface area contributed by atoms with E-state index in [1.54, 1.807) is 31.3 Å². The van der Waals surface area contributed by atoms with Crippen LogP contribution in [-0.2, 0) is 16.1 Å². The number of imide groups is 1. The van der Waals surface area contributed by atoms with Gasteiger partial charge >= 0.3 is 6.03 Å². The third kappa shape index (κ3) is 4.65. The van der Waals surface area contributed by atoms with Gasteiger partial charge in [-0.15, -0.1) is 0 Å². The molecule has 0 aromatic heterocycles. The number of nitrogens with one attached hydrogen (secondary N) is 2. The molecule has 2 N–H and O–H groups in total. The van der Waals surface area contributed by atoms with E-state index in [4.69, 9.17) is 0 Å². The fourth-order valence-corrected chi connectivity index (χ4v) is 3.18. The third-order valence-corrected chi connectivity index (χ3v) is 5.06. The molecule has 0 unspecified atom stereocenters. The monoisotopic (exact) mass is 408 g/mol. The van der Waals surface area contributed by atoms with Crippen molar-refractivity contribution in [2.24, 2.45) is 0 Å². The zero-order valence-electron chi connectivity index (χ0n) is 17.2.